The first kappa shape index (κ1) is 14.5. The zero-order chi connectivity index (χ0) is 12.9. The van der Waals surface area contributed by atoms with Crippen molar-refractivity contribution in [3.8, 4) is 0 Å². The molecule has 1 amide bonds. The topological polar surface area (TPSA) is 50.4 Å². The second-order valence-corrected chi connectivity index (χ2v) is 5.44. The van der Waals surface area contributed by atoms with Gasteiger partial charge in [-0.05, 0) is 32.1 Å². The van der Waals surface area contributed by atoms with Crippen LogP contribution in [0.2, 0.25) is 0 Å². The minimum Gasteiger partial charge on any atom is -0.377 e. The van der Waals surface area contributed by atoms with Gasteiger partial charge in [0.25, 0.3) is 0 Å². The number of carbonyl (C=O) groups is 1. The Hall–Kier alpha value is -0.610. The molecule has 17 heavy (non-hydrogen) atoms. The number of methoxy groups -OCH3 is 1. The summed E-state index contributed by atoms with van der Waals surface area (Å²) >= 11 is 0. The molecule has 100 valence electrons. The molecule has 0 aromatic heterocycles. The van der Waals surface area contributed by atoms with Gasteiger partial charge in [-0.2, -0.15) is 0 Å². The Morgan fingerprint density at radius 1 is 1.35 bits per heavy atom. The van der Waals surface area contributed by atoms with Crippen molar-refractivity contribution < 1.29 is 9.53 Å². The van der Waals surface area contributed by atoms with Gasteiger partial charge in [-0.15, -0.1) is 0 Å². The van der Waals surface area contributed by atoms with E-state index >= 15 is 0 Å². The fourth-order valence-corrected chi connectivity index (χ4v) is 1.90. The lowest BCUT2D eigenvalue weighted by atomic mass is 9.80. The summed E-state index contributed by atoms with van der Waals surface area (Å²) in [6.07, 6.45) is 3.42. The second-order valence-electron chi connectivity index (χ2n) is 5.44. The summed E-state index contributed by atoms with van der Waals surface area (Å²) < 4.78 is 5.48. The number of hydrogen-bond donors (Lipinski definition) is 2. The van der Waals surface area contributed by atoms with E-state index < -0.39 is 0 Å². The number of hydrogen-bond acceptors (Lipinski definition) is 3. The van der Waals surface area contributed by atoms with Crippen LogP contribution in [-0.4, -0.2) is 37.7 Å². The first-order chi connectivity index (χ1) is 7.99. The first-order valence-corrected chi connectivity index (χ1v) is 6.54. The highest BCUT2D eigenvalue weighted by Crippen LogP contribution is 2.34. The summed E-state index contributed by atoms with van der Waals surface area (Å²) in [5.41, 5.74) is -0.00998. The zero-order valence-corrected chi connectivity index (χ0v) is 11.5. The quantitative estimate of drug-likeness (QED) is 0.707. The molecule has 0 radical (unpaired) electrons. The summed E-state index contributed by atoms with van der Waals surface area (Å²) in [5, 5.41) is 6.16. The fourth-order valence-electron chi connectivity index (χ4n) is 1.90. The number of ether oxygens (including phenoxy) is 1. The van der Waals surface area contributed by atoms with Crippen LogP contribution in [0.1, 0.15) is 40.0 Å². The van der Waals surface area contributed by atoms with Crippen molar-refractivity contribution in [3.63, 3.8) is 0 Å². The molecule has 4 heteroatoms. The van der Waals surface area contributed by atoms with Crippen LogP contribution in [0.4, 0.5) is 0 Å². The van der Waals surface area contributed by atoms with Crippen molar-refractivity contribution in [1.82, 2.24) is 10.6 Å². The third-order valence-electron chi connectivity index (χ3n) is 3.82. The lowest BCUT2D eigenvalue weighted by Gasteiger charge is -2.40. The van der Waals surface area contributed by atoms with Crippen LogP contribution >= 0.6 is 0 Å². The Morgan fingerprint density at radius 3 is 2.41 bits per heavy atom. The van der Waals surface area contributed by atoms with Gasteiger partial charge in [0.15, 0.2) is 0 Å². The lowest BCUT2D eigenvalue weighted by Crippen LogP contribution is -2.50. The number of nitrogens with one attached hydrogen (secondary N) is 2. The molecule has 0 aromatic carbocycles. The number of rotatable bonds is 7. The minimum absolute atomic E-state index is 0.00998. The van der Waals surface area contributed by atoms with E-state index in [1.54, 1.807) is 7.11 Å². The average Bonchev–Trinajstić information content (AvgIpc) is 2.21. The van der Waals surface area contributed by atoms with Gasteiger partial charge in [-0.1, -0.05) is 13.8 Å². The van der Waals surface area contributed by atoms with Crippen LogP contribution < -0.4 is 10.6 Å². The highest BCUT2D eigenvalue weighted by Gasteiger charge is 2.36. The normalized spacial score (nSPS) is 19.8. The first-order valence-electron chi connectivity index (χ1n) is 6.54. The van der Waals surface area contributed by atoms with Gasteiger partial charge in [0.1, 0.15) is 0 Å². The largest absolute Gasteiger partial charge is 0.377 e. The zero-order valence-electron chi connectivity index (χ0n) is 11.5. The van der Waals surface area contributed by atoms with Gasteiger partial charge >= 0.3 is 0 Å². The van der Waals surface area contributed by atoms with Crippen molar-refractivity contribution in [2.75, 3.05) is 20.2 Å². The Labute approximate surface area is 104 Å². The van der Waals surface area contributed by atoms with Gasteiger partial charge < -0.3 is 15.4 Å². The Bertz CT molecular complexity index is 244. The van der Waals surface area contributed by atoms with Gasteiger partial charge in [0.2, 0.25) is 5.91 Å². The minimum atomic E-state index is -0.00998. The number of amides is 1. The van der Waals surface area contributed by atoms with Crippen LogP contribution in [0.25, 0.3) is 0 Å². The van der Waals surface area contributed by atoms with Crippen LogP contribution in [-0.2, 0) is 9.53 Å². The molecule has 0 saturated heterocycles. The van der Waals surface area contributed by atoms with Crippen molar-refractivity contribution in [3.05, 3.63) is 0 Å². The van der Waals surface area contributed by atoms with E-state index in [2.05, 4.69) is 24.5 Å². The van der Waals surface area contributed by atoms with E-state index in [9.17, 15) is 4.79 Å². The molecule has 4 nitrogen and oxygen atoms in total. The fraction of sp³-hybridized carbons (Fsp3) is 0.923. The van der Waals surface area contributed by atoms with Gasteiger partial charge in [0.05, 0.1) is 12.1 Å². The van der Waals surface area contributed by atoms with Crippen molar-refractivity contribution in [2.45, 2.75) is 51.7 Å². The Balaban J connectivity index is 2.16. The summed E-state index contributed by atoms with van der Waals surface area (Å²) in [6, 6.07) is 0.226. The molecule has 1 rings (SSSR count). The molecule has 1 atom stereocenters. The molecule has 1 aliphatic carbocycles. The van der Waals surface area contributed by atoms with Gasteiger partial charge in [0, 0.05) is 19.7 Å². The van der Waals surface area contributed by atoms with Crippen LogP contribution in [0, 0.1) is 5.92 Å². The summed E-state index contributed by atoms with van der Waals surface area (Å²) in [4.78, 5) is 11.6. The van der Waals surface area contributed by atoms with Crippen LogP contribution in [0.3, 0.4) is 0 Å². The van der Waals surface area contributed by atoms with Crippen LogP contribution in [0.15, 0.2) is 0 Å². The molecule has 0 aliphatic heterocycles. The molecule has 0 bridgehead atoms. The molecular weight excluding hydrogens is 216 g/mol. The van der Waals surface area contributed by atoms with Crippen molar-refractivity contribution in [2.24, 2.45) is 5.92 Å². The number of carbonyl (C=O) groups excluding carboxylic acids is 1. The average molecular weight is 242 g/mol. The molecule has 0 aromatic rings. The monoisotopic (exact) mass is 242 g/mol. The maximum absolute atomic E-state index is 11.6. The van der Waals surface area contributed by atoms with E-state index in [-0.39, 0.29) is 17.6 Å². The van der Waals surface area contributed by atoms with E-state index in [1.807, 2.05) is 6.92 Å². The van der Waals surface area contributed by atoms with Crippen LogP contribution in [0.5, 0.6) is 0 Å². The maximum Gasteiger partial charge on any atom is 0.234 e. The standard InChI is InChI=1S/C13H26N2O2/c1-10(2)11(3)15-12(16)8-14-9-13(17-4)6-5-7-13/h10-11,14H,5-9H2,1-4H3,(H,15,16). The summed E-state index contributed by atoms with van der Waals surface area (Å²) in [7, 11) is 1.75. The van der Waals surface area contributed by atoms with E-state index in [1.165, 1.54) is 6.42 Å². The van der Waals surface area contributed by atoms with Crippen molar-refractivity contribution in [1.29, 1.82) is 0 Å². The van der Waals surface area contributed by atoms with E-state index in [4.69, 9.17) is 4.74 Å². The molecule has 1 aliphatic rings. The highest BCUT2D eigenvalue weighted by molar-refractivity contribution is 5.78. The molecule has 1 fully saturated rings. The third-order valence-corrected chi connectivity index (χ3v) is 3.82. The summed E-state index contributed by atoms with van der Waals surface area (Å²) in [6.45, 7) is 7.39. The van der Waals surface area contributed by atoms with E-state index in [0.29, 0.717) is 12.5 Å². The predicted molar refractivity (Wildman–Crippen MR) is 68.9 cm³/mol. The van der Waals surface area contributed by atoms with Crippen molar-refractivity contribution >= 4 is 5.91 Å². The lowest BCUT2D eigenvalue weighted by molar-refractivity contribution is -0.121. The molecule has 0 heterocycles. The smallest absolute Gasteiger partial charge is 0.234 e. The SMILES string of the molecule is COC1(CNCC(=O)NC(C)C(C)C)CCC1. The Morgan fingerprint density at radius 2 is 2.00 bits per heavy atom. The highest BCUT2D eigenvalue weighted by atomic mass is 16.5. The molecular formula is C13H26N2O2. The molecule has 1 unspecified atom stereocenters. The summed E-state index contributed by atoms with van der Waals surface area (Å²) in [5.74, 6) is 0.535. The maximum atomic E-state index is 11.6. The second kappa shape index (κ2) is 6.36. The van der Waals surface area contributed by atoms with Gasteiger partial charge in [-0.3, -0.25) is 4.79 Å². The molecule has 2 N–H and O–H groups in total. The molecule has 1 saturated carbocycles. The van der Waals surface area contributed by atoms with E-state index in [0.717, 1.165) is 19.4 Å². The van der Waals surface area contributed by atoms with Gasteiger partial charge in [-0.25, -0.2) is 0 Å². The third kappa shape index (κ3) is 4.28. The molecule has 0 spiro atoms. The Kier molecular flexibility index (Phi) is 5.40. The predicted octanol–water partition coefficient (Wildman–Crippen LogP) is 1.31.